The van der Waals surface area contributed by atoms with Crippen molar-refractivity contribution >= 4 is 5.84 Å². The van der Waals surface area contributed by atoms with Gasteiger partial charge in [-0.25, -0.2) is 8.78 Å². The van der Waals surface area contributed by atoms with E-state index in [1.165, 1.54) is 6.92 Å². The molecule has 1 rings (SSSR count). The van der Waals surface area contributed by atoms with Gasteiger partial charge in [0.05, 0.1) is 5.84 Å². The molecule has 0 aliphatic carbocycles. The summed E-state index contributed by atoms with van der Waals surface area (Å²) in [4.78, 5) is 3.76. The second-order valence-electron chi connectivity index (χ2n) is 3.11. The van der Waals surface area contributed by atoms with Crippen LogP contribution >= 0.6 is 0 Å². The van der Waals surface area contributed by atoms with Crippen LogP contribution in [-0.4, -0.2) is 17.8 Å². The summed E-state index contributed by atoms with van der Waals surface area (Å²) < 4.78 is 24.6. The average Bonchev–Trinajstić information content (AvgIpc) is 1.86. The summed E-state index contributed by atoms with van der Waals surface area (Å²) in [6.07, 6.45) is -0.592. The Bertz CT molecular complexity index is 179. The first kappa shape index (κ1) is 8.43. The lowest BCUT2D eigenvalue weighted by Gasteiger charge is -2.28. The van der Waals surface area contributed by atoms with Crippen molar-refractivity contribution in [2.75, 3.05) is 0 Å². The van der Waals surface area contributed by atoms with Crippen LogP contribution < -0.4 is 5.73 Å². The van der Waals surface area contributed by atoms with Crippen LogP contribution in [0.3, 0.4) is 0 Å². The Morgan fingerprint density at radius 2 is 2.27 bits per heavy atom. The number of hydrogen-bond acceptors (Lipinski definition) is 2. The average molecular weight is 162 g/mol. The molecule has 0 saturated heterocycles. The van der Waals surface area contributed by atoms with Gasteiger partial charge in [0.15, 0.2) is 0 Å². The lowest BCUT2D eigenvalue weighted by Crippen LogP contribution is -2.37. The Morgan fingerprint density at radius 3 is 2.64 bits per heavy atom. The normalized spacial score (nSPS) is 32.2. The van der Waals surface area contributed by atoms with E-state index in [1.54, 1.807) is 0 Å². The van der Waals surface area contributed by atoms with Crippen molar-refractivity contribution in [2.45, 2.75) is 38.2 Å². The van der Waals surface area contributed by atoms with Gasteiger partial charge in [-0.1, -0.05) is 0 Å². The van der Waals surface area contributed by atoms with E-state index in [0.29, 0.717) is 18.7 Å². The van der Waals surface area contributed by atoms with E-state index in [1.807, 2.05) is 0 Å². The minimum Gasteiger partial charge on any atom is -0.387 e. The van der Waals surface area contributed by atoms with Gasteiger partial charge in [0.25, 0.3) is 6.43 Å². The second kappa shape index (κ2) is 2.75. The lowest BCUT2D eigenvalue weighted by atomic mass is 9.93. The van der Waals surface area contributed by atoms with Crippen molar-refractivity contribution in [1.82, 2.24) is 0 Å². The van der Waals surface area contributed by atoms with Gasteiger partial charge in [0.1, 0.15) is 5.54 Å². The number of nitrogens with zero attached hydrogens (tertiary/aromatic N) is 1. The summed E-state index contributed by atoms with van der Waals surface area (Å²) in [5.74, 6) is 0.360. The molecule has 1 aliphatic heterocycles. The monoisotopic (exact) mass is 162 g/mol. The first-order chi connectivity index (χ1) is 5.04. The molecule has 0 saturated carbocycles. The lowest BCUT2D eigenvalue weighted by molar-refractivity contribution is 0.0569. The third-order valence-corrected chi connectivity index (χ3v) is 1.98. The smallest absolute Gasteiger partial charge is 0.263 e. The molecule has 0 aromatic heterocycles. The fraction of sp³-hybridized carbons (Fsp3) is 0.857. The van der Waals surface area contributed by atoms with Gasteiger partial charge in [0, 0.05) is 6.42 Å². The summed E-state index contributed by atoms with van der Waals surface area (Å²) in [5, 5.41) is 0. The molecule has 0 aromatic carbocycles. The molecule has 0 bridgehead atoms. The first-order valence-corrected chi connectivity index (χ1v) is 3.67. The van der Waals surface area contributed by atoms with E-state index in [2.05, 4.69) is 4.99 Å². The highest BCUT2D eigenvalue weighted by Gasteiger charge is 2.36. The Balaban J connectivity index is 2.78. The summed E-state index contributed by atoms with van der Waals surface area (Å²) in [6, 6.07) is 0. The molecule has 0 aromatic rings. The molecular weight excluding hydrogens is 150 g/mol. The Kier molecular flexibility index (Phi) is 2.11. The van der Waals surface area contributed by atoms with Crippen molar-refractivity contribution in [3.05, 3.63) is 0 Å². The molecule has 1 aliphatic rings. The number of aliphatic imine (C=N–C) groups is 1. The second-order valence-corrected chi connectivity index (χ2v) is 3.11. The molecule has 0 spiro atoms. The Morgan fingerprint density at radius 1 is 1.64 bits per heavy atom. The Hall–Kier alpha value is -0.670. The summed E-state index contributed by atoms with van der Waals surface area (Å²) in [7, 11) is 0. The quantitative estimate of drug-likeness (QED) is 0.624. The molecule has 4 heteroatoms. The largest absolute Gasteiger partial charge is 0.387 e. The van der Waals surface area contributed by atoms with Crippen LogP contribution in [0.4, 0.5) is 8.78 Å². The molecule has 2 nitrogen and oxygen atoms in total. The standard InChI is InChI=1S/C7H12F2N2/c1-7(6(8)9)4-2-3-5(10)11-7/h6H,2-4H2,1H3,(H2,10,11). The number of nitrogens with two attached hydrogens (primary N) is 1. The zero-order valence-electron chi connectivity index (χ0n) is 6.48. The van der Waals surface area contributed by atoms with Crippen LogP contribution in [0.25, 0.3) is 0 Å². The predicted molar refractivity (Wildman–Crippen MR) is 39.9 cm³/mol. The SMILES string of the molecule is CC1(C(F)F)CCCC(N)=N1. The van der Waals surface area contributed by atoms with Crippen molar-refractivity contribution in [3.8, 4) is 0 Å². The van der Waals surface area contributed by atoms with Crippen LogP contribution in [0, 0.1) is 0 Å². The van der Waals surface area contributed by atoms with Gasteiger partial charge in [-0.05, 0) is 19.8 Å². The van der Waals surface area contributed by atoms with Crippen LogP contribution in [0.1, 0.15) is 26.2 Å². The zero-order valence-corrected chi connectivity index (χ0v) is 6.48. The molecule has 64 valence electrons. The molecule has 11 heavy (non-hydrogen) atoms. The van der Waals surface area contributed by atoms with E-state index >= 15 is 0 Å². The van der Waals surface area contributed by atoms with E-state index in [-0.39, 0.29) is 0 Å². The Labute approximate surface area is 64.5 Å². The van der Waals surface area contributed by atoms with Gasteiger partial charge >= 0.3 is 0 Å². The van der Waals surface area contributed by atoms with Crippen molar-refractivity contribution < 1.29 is 8.78 Å². The number of alkyl halides is 2. The number of rotatable bonds is 1. The topological polar surface area (TPSA) is 38.4 Å². The third kappa shape index (κ3) is 1.67. The van der Waals surface area contributed by atoms with Crippen LogP contribution in [0.2, 0.25) is 0 Å². The van der Waals surface area contributed by atoms with E-state index in [9.17, 15) is 8.78 Å². The molecule has 0 radical (unpaired) electrons. The highest BCUT2D eigenvalue weighted by atomic mass is 19.3. The van der Waals surface area contributed by atoms with Gasteiger partial charge < -0.3 is 5.73 Å². The highest BCUT2D eigenvalue weighted by Crippen LogP contribution is 2.29. The van der Waals surface area contributed by atoms with Gasteiger partial charge in [-0.2, -0.15) is 0 Å². The number of amidine groups is 1. The molecule has 0 fully saturated rings. The first-order valence-electron chi connectivity index (χ1n) is 3.67. The molecular formula is C7H12F2N2. The maximum absolute atomic E-state index is 12.3. The minimum absolute atomic E-state index is 0.360. The number of hydrogen-bond donors (Lipinski definition) is 1. The highest BCUT2D eigenvalue weighted by molar-refractivity contribution is 5.81. The zero-order chi connectivity index (χ0) is 8.48. The van der Waals surface area contributed by atoms with Crippen LogP contribution in [0.15, 0.2) is 4.99 Å². The molecule has 1 atom stereocenters. The van der Waals surface area contributed by atoms with Crippen molar-refractivity contribution in [1.29, 1.82) is 0 Å². The van der Waals surface area contributed by atoms with Gasteiger partial charge in [-0.3, -0.25) is 4.99 Å². The predicted octanol–water partition coefficient (Wildman–Crippen LogP) is 1.55. The summed E-state index contributed by atoms with van der Waals surface area (Å²) >= 11 is 0. The van der Waals surface area contributed by atoms with E-state index in [0.717, 1.165) is 6.42 Å². The molecule has 1 heterocycles. The third-order valence-electron chi connectivity index (χ3n) is 1.98. The van der Waals surface area contributed by atoms with Gasteiger partial charge in [0.2, 0.25) is 0 Å². The molecule has 2 N–H and O–H groups in total. The van der Waals surface area contributed by atoms with E-state index < -0.39 is 12.0 Å². The maximum atomic E-state index is 12.3. The summed E-state index contributed by atoms with van der Waals surface area (Å²) in [5.41, 5.74) is 4.14. The van der Waals surface area contributed by atoms with E-state index in [4.69, 9.17) is 5.73 Å². The van der Waals surface area contributed by atoms with Crippen LogP contribution in [0.5, 0.6) is 0 Å². The summed E-state index contributed by atoms with van der Waals surface area (Å²) in [6.45, 7) is 1.45. The molecule has 1 unspecified atom stereocenters. The fourth-order valence-electron chi connectivity index (χ4n) is 1.23. The maximum Gasteiger partial charge on any atom is 0.263 e. The van der Waals surface area contributed by atoms with Gasteiger partial charge in [-0.15, -0.1) is 0 Å². The van der Waals surface area contributed by atoms with Crippen molar-refractivity contribution in [3.63, 3.8) is 0 Å². The fourth-order valence-corrected chi connectivity index (χ4v) is 1.23. The van der Waals surface area contributed by atoms with Crippen molar-refractivity contribution in [2.24, 2.45) is 10.7 Å². The minimum atomic E-state index is -2.40. The molecule has 0 amide bonds. The number of halogens is 2. The van der Waals surface area contributed by atoms with Crippen LogP contribution in [-0.2, 0) is 0 Å².